The van der Waals surface area contributed by atoms with Gasteiger partial charge in [0.2, 0.25) is 0 Å². The van der Waals surface area contributed by atoms with Crippen LogP contribution in [-0.4, -0.2) is 54.5 Å². The highest BCUT2D eigenvalue weighted by atomic mass is 16.5. The average molecular weight is 349 g/mol. The molecule has 8 heteroatoms. The monoisotopic (exact) mass is 349 g/mol. The summed E-state index contributed by atoms with van der Waals surface area (Å²) in [5.41, 5.74) is 3.58. The van der Waals surface area contributed by atoms with E-state index in [-0.39, 0.29) is 12.2 Å². The number of ether oxygens (including phenoxy) is 1. The van der Waals surface area contributed by atoms with Crippen molar-refractivity contribution in [3.63, 3.8) is 0 Å². The van der Waals surface area contributed by atoms with Gasteiger partial charge in [-0.1, -0.05) is 0 Å². The quantitative estimate of drug-likeness (QED) is 0.551. The minimum atomic E-state index is 0.189. The van der Waals surface area contributed by atoms with Gasteiger partial charge in [0.15, 0.2) is 11.3 Å². The highest BCUT2D eigenvalue weighted by Gasteiger charge is 2.23. The fraction of sp³-hybridized carbons (Fsp3) is 0.333. The molecule has 1 saturated heterocycles. The lowest BCUT2D eigenvalue weighted by molar-refractivity contribution is -0.00551. The summed E-state index contributed by atoms with van der Waals surface area (Å²) in [6, 6.07) is 7.99. The van der Waals surface area contributed by atoms with Gasteiger partial charge in [-0.05, 0) is 38.1 Å². The van der Waals surface area contributed by atoms with Crippen molar-refractivity contribution in [2.45, 2.75) is 26.1 Å². The van der Waals surface area contributed by atoms with Crippen LogP contribution in [0.1, 0.15) is 13.8 Å². The second-order valence-electron chi connectivity index (χ2n) is 6.78. The number of nitrogens with zero attached hydrogens (tertiary/aromatic N) is 7. The van der Waals surface area contributed by atoms with E-state index in [2.05, 4.69) is 33.9 Å². The third-order valence-electron chi connectivity index (χ3n) is 4.68. The number of morpholine rings is 1. The highest BCUT2D eigenvalue weighted by Crippen LogP contribution is 2.23. The molecule has 1 fully saturated rings. The van der Waals surface area contributed by atoms with Crippen molar-refractivity contribution in [3.8, 4) is 11.3 Å². The molecule has 0 N–H and O–H groups in total. The Morgan fingerprint density at radius 3 is 2.69 bits per heavy atom. The Labute approximate surface area is 150 Å². The normalized spacial score (nSPS) is 20.9. The maximum absolute atomic E-state index is 5.83. The number of rotatable bonds is 2. The van der Waals surface area contributed by atoms with Gasteiger partial charge in [0.25, 0.3) is 0 Å². The number of pyridine rings is 1. The first-order chi connectivity index (χ1) is 12.7. The zero-order chi connectivity index (χ0) is 17.7. The first-order valence-corrected chi connectivity index (χ1v) is 8.72. The van der Waals surface area contributed by atoms with Crippen molar-refractivity contribution in [1.82, 2.24) is 29.2 Å². The van der Waals surface area contributed by atoms with E-state index < -0.39 is 0 Å². The first kappa shape index (κ1) is 15.3. The molecule has 0 radical (unpaired) electrons. The van der Waals surface area contributed by atoms with E-state index in [0.717, 1.165) is 41.5 Å². The highest BCUT2D eigenvalue weighted by molar-refractivity contribution is 5.64. The molecule has 0 spiro atoms. The van der Waals surface area contributed by atoms with Crippen LogP contribution in [0.15, 0.2) is 43.0 Å². The second kappa shape index (κ2) is 5.77. The fourth-order valence-electron chi connectivity index (χ4n) is 3.57. The van der Waals surface area contributed by atoms with E-state index >= 15 is 0 Å². The summed E-state index contributed by atoms with van der Waals surface area (Å²) in [6.07, 6.45) is 5.91. The lowest BCUT2D eigenvalue weighted by atomic mass is 10.2. The predicted octanol–water partition coefficient (Wildman–Crippen LogP) is 2.05. The van der Waals surface area contributed by atoms with Crippen LogP contribution in [0.3, 0.4) is 0 Å². The van der Waals surface area contributed by atoms with Crippen molar-refractivity contribution >= 4 is 17.1 Å². The molecular formula is C18H19N7O. The molecule has 0 aromatic carbocycles. The molecule has 5 heterocycles. The standard InChI is InChI=1S/C18H19N7O/c1-12-8-23(9-13(2)26-12)18-6-5-16-19-7-15(25(16)22-18)14-3-4-17-21-20-11-24(17)10-14/h3-7,10-13H,8-9H2,1-2H3/t12-,13+. The third-order valence-corrected chi connectivity index (χ3v) is 4.68. The number of anilines is 1. The Morgan fingerprint density at radius 2 is 1.85 bits per heavy atom. The van der Waals surface area contributed by atoms with Crippen LogP contribution < -0.4 is 4.90 Å². The molecule has 0 bridgehead atoms. The number of hydrogen-bond acceptors (Lipinski definition) is 6. The molecule has 1 aliphatic heterocycles. The van der Waals surface area contributed by atoms with Gasteiger partial charge >= 0.3 is 0 Å². The maximum Gasteiger partial charge on any atom is 0.160 e. The smallest absolute Gasteiger partial charge is 0.160 e. The minimum Gasteiger partial charge on any atom is -0.372 e. The number of aromatic nitrogens is 6. The van der Waals surface area contributed by atoms with E-state index in [0.29, 0.717) is 0 Å². The maximum atomic E-state index is 5.83. The lowest BCUT2D eigenvalue weighted by Crippen LogP contribution is -2.46. The Hall–Kier alpha value is -3.00. The molecule has 1 aliphatic rings. The van der Waals surface area contributed by atoms with Crippen molar-refractivity contribution in [2.24, 2.45) is 0 Å². The van der Waals surface area contributed by atoms with Gasteiger partial charge in [-0.15, -0.1) is 15.3 Å². The van der Waals surface area contributed by atoms with Crippen LogP contribution in [0.5, 0.6) is 0 Å². The third kappa shape index (κ3) is 2.50. The molecular weight excluding hydrogens is 330 g/mol. The summed E-state index contributed by atoms with van der Waals surface area (Å²) in [5, 5.41) is 12.8. The topological polar surface area (TPSA) is 72.9 Å². The van der Waals surface area contributed by atoms with E-state index in [1.165, 1.54) is 0 Å². The second-order valence-corrected chi connectivity index (χ2v) is 6.78. The summed E-state index contributed by atoms with van der Waals surface area (Å²) in [6.45, 7) is 5.86. The summed E-state index contributed by atoms with van der Waals surface area (Å²) < 4.78 is 9.62. The molecule has 0 saturated carbocycles. The Bertz CT molecular complexity index is 1080. The van der Waals surface area contributed by atoms with Gasteiger partial charge in [0.05, 0.1) is 24.1 Å². The molecule has 0 unspecified atom stereocenters. The SMILES string of the molecule is C[C@@H]1CN(c2ccc3ncc(-c4ccc5nncn5c4)n3n2)C[C@H](C)O1. The zero-order valence-electron chi connectivity index (χ0n) is 14.6. The summed E-state index contributed by atoms with van der Waals surface area (Å²) >= 11 is 0. The van der Waals surface area contributed by atoms with Gasteiger partial charge in [0, 0.05) is 24.8 Å². The summed E-state index contributed by atoms with van der Waals surface area (Å²) in [5.74, 6) is 0.934. The van der Waals surface area contributed by atoms with Crippen LogP contribution in [0, 0.1) is 0 Å². The van der Waals surface area contributed by atoms with Crippen molar-refractivity contribution in [3.05, 3.63) is 43.0 Å². The molecule has 2 atom stereocenters. The summed E-state index contributed by atoms with van der Waals surface area (Å²) in [4.78, 5) is 6.76. The van der Waals surface area contributed by atoms with E-state index in [4.69, 9.17) is 9.84 Å². The Kier molecular flexibility index (Phi) is 3.39. The molecule has 0 aliphatic carbocycles. The van der Waals surface area contributed by atoms with Crippen molar-refractivity contribution in [2.75, 3.05) is 18.0 Å². The van der Waals surface area contributed by atoms with Gasteiger partial charge in [-0.3, -0.25) is 4.40 Å². The molecule has 26 heavy (non-hydrogen) atoms. The van der Waals surface area contributed by atoms with Crippen LogP contribution in [-0.2, 0) is 4.74 Å². The van der Waals surface area contributed by atoms with Crippen molar-refractivity contribution < 1.29 is 4.74 Å². The number of hydrogen-bond donors (Lipinski definition) is 0. The minimum absolute atomic E-state index is 0.189. The molecule has 4 aromatic heterocycles. The van der Waals surface area contributed by atoms with Crippen LogP contribution >= 0.6 is 0 Å². The van der Waals surface area contributed by atoms with Gasteiger partial charge in [-0.25, -0.2) is 9.50 Å². The van der Waals surface area contributed by atoms with Crippen molar-refractivity contribution in [1.29, 1.82) is 0 Å². The first-order valence-electron chi connectivity index (χ1n) is 8.72. The molecule has 132 valence electrons. The molecule has 0 amide bonds. The van der Waals surface area contributed by atoms with Crippen LogP contribution in [0.25, 0.3) is 22.6 Å². The fourth-order valence-corrected chi connectivity index (χ4v) is 3.57. The number of fused-ring (bicyclic) bond motifs is 2. The zero-order valence-corrected chi connectivity index (χ0v) is 14.6. The largest absolute Gasteiger partial charge is 0.372 e. The molecule has 5 rings (SSSR count). The van der Waals surface area contributed by atoms with Gasteiger partial charge < -0.3 is 9.64 Å². The average Bonchev–Trinajstić information content (AvgIpc) is 3.26. The molecule has 8 nitrogen and oxygen atoms in total. The molecule has 4 aromatic rings. The van der Waals surface area contributed by atoms with Gasteiger partial charge in [0.1, 0.15) is 12.1 Å². The Balaban J connectivity index is 1.58. The predicted molar refractivity (Wildman–Crippen MR) is 97.2 cm³/mol. The van der Waals surface area contributed by atoms with E-state index in [9.17, 15) is 0 Å². The lowest BCUT2D eigenvalue weighted by Gasteiger charge is -2.35. The van der Waals surface area contributed by atoms with Crippen LogP contribution in [0.4, 0.5) is 5.82 Å². The van der Waals surface area contributed by atoms with Gasteiger partial charge in [-0.2, -0.15) is 0 Å². The Morgan fingerprint density at radius 1 is 1.04 bits per heavy atom. The van der Waals surface area contributed by atoms with E-state index in [1.54, 1.807) is 6.33 Å². The van der Waals surface area contributed by atoms with E-state index in [1.807, 2.05) is 45.6 Å². The summed E-state index contributed by atoms with van der Waals surface area (Å²) in [7, 11) is 0. The van der Waals surface area contributed by atoms with Crippen LogP contribution in [0.2, 0.25) is 0 Å². The number of imidazole rings is 1.